The van der Waals surface area contributed by atoms with Gasteiger partial charge in [-0.25, -0.2) is 0 Å². The fourth-order valence-corrected chi connectivity index (χ4v) is 5.62. The molecule has 2 aliphatic heterocycles. The van der Waals surface area contributed by atoms with Crippen molar-refractivity contribution >= 4 is 40.6 Å². The molecule has 0 saturated carbocycles. The monoisotopic (exact) mass is 489 g/mol. The second-order valence-corrected chi connectivity index (χ2v) is 9.91. The van der Waals surface area contributed by atoms with Crippen LogP contribution in [0.3, 0.4) is 0 Å². The molecule has 0 spiro atoms. The van der Waals surface area contributed by atoms with Gasteiger partial charge in [-0.1, -0.05) is 29.3 Å². The maximum absolute atomic E-state index is 9.10. The molecule has 0 aliphatic carbocycles. The molecule has 1 aromatic carbocycles. The third-order valence-corrected chi connectivity index (χ3v) is 7.53. The van der Waals surface area contributed by atoms with Crippen molar-refractivity contribution < 1.29 is 5.11 Å². The molecule has 5 rings (SSSR count). The Labute approximate surface area is 203 Å². The van der Waals surface area contributed by atoms with E-state index in [1.807, 2.05) is 12.1 Å². The average Bonchev–Trinajstić information content (AvgIpc) is 3.25. The summed E-state index contributed by atoms with van der Waals surface area (Å²) in [6.45, 7) is 7.31. The van der Waals surface area contributed by atoms with Gasteiger partial charge in [0.1, 0.15) is 18.0 Å². The summed E-state index contributed by atoms with van der Waals surface area (Å²) in [5.74, 6) is 3.82. The molecular formula is C23H29Cl2N7O. The first-order valence-corrected chi connectivity index (χ1v) is 12.3. The van der Waals surface area contributed by atoms with Crippen LogP contribution >= 0.6 is 23.2 Å². The highest BCUT2D eigenvalue weighted by Gasteiger charge is 2.35. The molecule has 10 heteroatoms. The largest absolute Gasteiger partial charge is 0.395 e. The number of hydrogen-bond acceptors (Lipinski definition) is 7. The Kier molecular flexibility index (Phi) is 6.60. The fraction of sp³-hybridized carbons (Fsp3) is 0.522. The number of piperidine rings is 1. The Morgan fingerprint density at radius 1 is 1.15 bits per heavy atom. The average molecular weight is 490 g/mol. The number of likely N-dealkylation sites (tertiary alicyclic amines) is 1. The predicted octanol–water partition coefficient (Wildman–Crippen LogP) is 3.74. The molecule has 3 aromatic rings. The van der Waals surface area contributed by atoms with E-state index < -0.39 is 0 Å². The lowest BCUT2D eigenvalue weighted by Gasteiger charge is -2.46. The van der Waals surface area contributed by atoms with Crippen LogP contribution in [0.2, 0.25) is 10.0 Å². The van der Waals surface area contributed by atoms with Gasteiger partial charge in [0.2, 0.25) is 0 Å². The lowest BCUT2D eigenvalue weighted by atomic mass is 9.79. The van der Waals surface area contributed by atoms with Gasteiger partial charge in [0.15, 0.2) is 0 Å². The number of nitrogens with zero attached hydrogens (tertiary/aromatic N) is 6. The lowest BCUT2D eigenvalue weighted by Crippen LogP contribution is -2.52. The van der Waals surface area contributed by atoms with Gasteiger partial charge in [-0.3, -0.25) is 0 Å². The number of anilines is 2. The Morgan fingerprint density at radius 3 is 2.67 bits per heavy atom. The van der Waals surface area contributed by atoms with Crippen LogP contribution in [-0.2, 0) is 0 Å². The SMILES string of the molecule is C[C@@H](Nc1cc(N2CCC(C3CN(CCO)C3)CC2)nc2ncnn12)c1ccc(Cl)cc1Cl. The molecule has 8 nitrogen and oxygen atoms in total. The molecule has 0 unspecified atom stereocenters. The number of aromatic nitrogens is 4. The maximum atomic E-state index is 9.10. The van der Waals surface area contributed by atoms with Crippen LogP contribution in [0, 0.1) is 11.8 Å². The summed E-state index contributed by atoms with van der Waals surface area (Å²) in [6.07, 6.45) is 3.85. The minimum Gasteiger partial charge on any atom is -0.395 e. The van der Waals surface area contributed by atoms with Gasteiger partial charge < -0.3 is 20.2 Å². The summed E-state index contributed by atoms with van der Waals surface area (Å²) in [5.41, 5.74) is 0.962. The zero-order valence-corrected chi connectivity index (χ0v) is 20.2. The summed E-state index contributed by atoms with van der Waals surface area (Å²) < 4.78 is 1.72. The molecule has 2 saturated heterocycles. The van der Waals surface area contributed by atoms with Crippen LogP contribution in [0.15, 0.2) is 30.6 Å². The van der Waals surface area contributed by atoms with Crippen molar-refractivity contribution in [3.63, 3.8) is 0 Å². The second-order valence-electron chi connectivity index (χ2n) is 9.07. The maximum Gasteiger partial charge on any atom is 0.256 e. The van der Waals surface area contributed by atoms with Gasteiger partial charge in [0, 0.05) is 48.8 Å². The lowest BCUT2D eigenvalue weighted by molar-refractivity contribution is 0.0348. The Bertz CT molecular complexity index is 1110. The van der Waals surface area contributed by atoms with E-state index in [0.717, 1.165) is 74.6 Å². The van der Waals surface area contributed by atoms with Gasteiger partial charge in [0.05, 0.1) is 12.6 Å². The van der Waals surface area contributed by atoms with Gasteiger partial charge in [0.25, 0.3) is 5.78 Å². The van der Waals surface area contributed by atoms with Crippen LogP contribution in [0.25, 0.3) is 5.78 Å². The van der Waals surface area contributed by atoms with Crippen LogP contribution in [0.1, 0.15) is 31.4 Å². The number of fused-ring (bicyclic) bond motifs is 1. The summed E-state index contributed by atoms with van der Waals surface area (Å²) in [7, 11) is 0. The smallest absolute Gasteiger partial charge is 0.256 e. The third-order valence-electron chi connectivity index (χ3n) is 6.96. The van der Waals surface area contributed by atoms with E-state index in [0.29, 0.717) is 15.8 Å². The van der Waals surface area contributed by atoms with E-state index in [2.05, 4.69) is 38.2 Å². The molecule has 2 aliphatic rings. The number of halogens is 2. The minimum atomic E-state index is -0.0522. The number of β-amino-alcohol motifs (C(OH)–C–C–N with tert-alkyl or cyclic N) is 1. The molecular weight excluding hydrogens is 461 g/mol. The third kappa shape index (κ3) is 4.75. The van der Waals surface area contributed by atoms with Crippen LogP contribution in [0.4, 0.5) is 11.6 Å². The van der Waals surface area contributed by atoms with E-state index >= 15 is 0 Å². The molecule has 2 aromatic heterocycles. The Hall–Kier alpha value is -2.13. The standard InChI is InChI=1S/C23H29Cl2N7O/c1-15(19-3-2-18(24)10-20(19)25)28-22-11-21(29-23-26-14-27-32(22)23)31-6-4-16(5-7-31)17-12-30(13-17)8-9-33/h2-3,10-11,14-17,28,33H,4-9,12-13H2,1H3/t15-/m1/s1. The molecule has 4 heterocycles. The number of aliphatic hydroxyl groups is 1. The number of nitrogens with one attached hydrogen (secondary N) is 1. The Balaban J connectivity index is 1.29. The number of hydrogen-bond donors (Lipinski definition) is 2. The highest BCUT2D eigenvalue weighted by atomic mass is 35.5. The van der Waals surface area contributed by atoms with Crippen molar-refractivity contribution in [3.8, 4) is 0 Å². The highest BCUT2D eigenvalue weighted by Crippen LogP contribution is 2.34. The number of benzene rings is 1. The predicted molar refractivity (Wildman–Crippen MR) is 131 cm³/mol. The van der Waals surface area contributed by atoms with E-state index in [1.54, 1.807) is 10.6 Å². The van der Waals surface area contributed by atoms with Crippen molar-refractivity contribution in [1.82, 2.24) is 24.5 Å². The van der Waals surface area contributed by atoms with Crippen LogP contribution in [-0.4, -0.2) is 68.9 Å². The Morgan fingerprint density at radius 2 is 1.94 bits per heavy atom. The molecule has 2 N–H and O–H groups in total. The summed E-state index contributed by atoms with van der Waals surface area (Å²) in [6, 6.07) is 7.54. The van der Waals surface area contributed by atoms with Crippen molar-refractivity contribution in [2.75, 3.05) is 49.5 Å². The van der Waals surface area contributed by atoms with E-state index in [1.165, 1.54) is 6.33 Å². The first kappa shape index (κ1) is 22.7. The summed E-state index contributed by atoms with van der Waals surface area (Å²) in [5, 5.41) is 18.2. The van der Waals surface area contributed by atoms with Gasteiger partial charge in [-0.2, -0.15) is 19.6 Å². The second kappa shape index (κ2) is 9.62. The van der Waals surface area contributed by atoms with Gasteiger partial charge in [-0.15, -0.1) is 0 Å². The van der Waals surface area contributed by atoms with E-state index in [9.17, 15) is 0 Å². The number of aliphatic hydroxyl groups excluding tert-OH is 1. The van der Waals surface area contributed by atoms with Crippen molar-refractivity contribution in [2.24, 2.45) is 11.8 Å². The topological polar surface area (TPSA) is 81.8 Å². The first-order chi connectivity index (χ1) is 16.0. The molecule has 0 bridgehead atoms. The molecule has 1 atom stereocenters. The quantitative estimate of drug-likeness (QED) is 0.522. The van der Waals surface area contributed by atoms with E-state index in [-0.39, 0.29) is 12.6 Å². The zero-order chi connectivity index (χ0) is 22.9. The van der Waals surface area contributed by atoms with Gasteiger partial charge in [-0.05, 0) is 49.3 Å². The summed E-state index contributed by atoms with van der Waals surface area (Å²) >= 11 is 12.5. The highest BCUT2D eigenvalue weighted by molar-refractivity contribution is 6.35. The van der Waals surface area contributed by atoms with E-state index in [4.69, 9.17) is 33.3 Å². The van der Waals surface area contributed by atoms with Gasteiger partial charge >= 0.3 is 0 Å². The molecule has 2 fully saturated rings. The van der Waals surface area contributed by atoms with Crippen molar-refractivity contribution in [3.05, 3.63) is 46.2 Å². The summed E-state index contributed by atoms with van der Waals surface area (Å²) in [4.78, 5) is 13.8. The molecule has 0 radical (unpaired) electrons. The molecule has 0 amide bonds. The molecule has 176 valence electrons. The minimum absolute atomic E-state index is 0.0522. The van der Waals surface area contributed by atoms with Crippen LogP contribution in [0.5, 0.6) is 0 Å². The normalized spacial score (nSPS) is 19.1. The fourth-order valence-electron chi connectivity index (χ4n) is 5.05. The first-order valence-electron chi connectivity index (χ1n) is 11.5. The van der Waals surface area contributed by atoms with Crippen molar-refractivity contribution in [2.45, 2.75) is 25.8 Å². The molecule has 33 heavy (non-hydrogen) atoms. The number of rotatable bonds is 7. The van der Waals surface area contributed by atoms with Crippen molar-refractivity contribution in [1.29, 1.82) is 0 Å². The zero-order valence-electron chi connectivity index (χ0n) is 18.7. The van der Waals surface area contributed by atoms with Crippen LogP contribution < -0.4 is 10.2 Å².